The van der Waals surface area contributed by atoms with Crippen LogP contribution in [0.5, 0.6) is 0 Å². The Morgan fingerprint density at radius 2 is 1.82 bits per heavy atom. The fourth-order valence-electron chi connectivity index (χ4n) is 2.77. The molecule has 4 aromatic rings. The molecule has 1 N–H and O–H groups in total. The molecule has 4 nitrogen and oxygen atoms in total. The molecule has 28 heavy (non-hydrogen) atoms. The zero-order valence-corrected chi connectivity index (χ0v) is 17.2. The number of nitrogens with one attached hydrogen (secondary N) is 1. The number of rotatable bonds is 5. The van der Waals surface area contributed by atoms with Crippen LogP contribution in [0, 0.1) is 6.92 Å². The molecule has 1 atom stereocenters. The van der Waals surface area contributed by atoms with Crippen LogP contribution in [0.1, 0.15) is 12.5 Å². The molecule has 0 aliphatic carbocycles. The lowest BCUT2D eigenvalue weighted by Crippen LogP contribution is -2.22. The molecular formula is C22H19N3OS2. The van der Waals surface area contributed by atoms with Gasteiger partial charge in [-0.05, 0) is 37.6 Å². The monoisotopic (exact) mass is 405 g/mol. The van der Waals surface area contributed by atoms with Crippen LogP contribution in [0.2, 0.25) is 0 Å². The van der Waals surface area contributed by atoms with Gasteiger partial charge in [0.2, 0.25) is 5.91 Å². The fraction of sp³-hybridized carbons (Fsp3) is 0.136. The van der Waals surface area contributed by atoms with E-state index in [-0.39, 0.29) is 11.2 Å². The van der Waals surface area contributed by atoms with Crippen LogP contribution < -0.4 is 5.32 Å². The summed E-state index contributed by atoms with van der Waals surface area (Å²) >= 11 is 3.09. The first-order valence-corrected chi connectivity index (χ1v) is 10.6. The van der Waals surface area contributed by atoms with Gasteiger partial charge < -0.3 is 5.32 Å². The number of hydrogen-bond donors (Lipinski definition) is 1. The van der Waals surface area contributed by atoms with Crippen LogP contribution in [0.4, 0.5) is 5.69 Å². The predicted octanol–water partition coefficient (Wildman–Crippen LogP) is 5.79. The highest BCUT2D eigenvalue weighted by Gasteiger charge is 2.18. The number of amides is 1. The van der Waals surface area contributed by atoms with E-state index < -0.39 is 0 Å². The molecule has 0 aliphatic heterocycles. The summed E-state index contributed by atoms with van der Waals surface area (Å²) in [5.41, 5.74) is 3.12. The summed E-state index contributed by atoms with van der Waals surface area (Å²) in [5.74, 6) is -0.0425. The summed E-state index contributed by atoms with van der Waals surface area (Å²) < 4.78 is 0. The number of fused-ring (bicyclic) bond motifs is 1. The molecule has 4 rings (SSSR count). The SMILES string of the molecule is Cc1ccc(NC(=O)C(C)Sc2ncnc3sc(-c4ccccc4)cc23)cc1. The highest BCUT2D eigenvalue weighted by Crippen LogP contribution is 2.37. The fourth-order valence-corrected chi connectivity index (χ4v) is 4.73. The van der Waals surface area contributed by atoms with Crippen molar-refractivity contribution in [1.29, 1.82) is 0 Å². The third kappa shape index (κ3) is 4.08. The minimum atomic E-state index is -0.278. The summed E-state index contributed by atoms with van der Waals surface area (Å²) in [4.78, 5) is 23.5. The second-order valence-corrected chi connectivity index (χ2v) is 8.85. The predicted molar refractivity (Wildman–Crippen MR) is 118 cm³/mol. The zero-order valence-electron chi connectivity index (χ0n) is 15.5. The van der Waals surface area contributed by atoms with E-state index in [0.717, 1.165) is 36.9 Å². The van der Waals surface area contributed by atoms with Crippen LogP contribution in [-0.2, 0) is 4.79 Å². The van der Waals surface area contributed by atoms with E-state index in [1.165, 1.54) is 11.8 Å². The largest absolute Gasteiger partial charge is 0.325 e. The van der Waals surface area contributed by atoms with Crippen molar-refractivity contribution in [2.75, 3.05) is 5.32 Å². The Morgan fingerprint density at radius 1 is 1.07 bits per heavy atom. The number of hydrogen-bond acceptors (Lipinski definition) is 5. The van der Waals surface area contributed by atoms with E-state index in [1.807, 2.05) is 56.3 Å². The van der Waals surface area contributed by atoms with Gasteiger partial charge in [0.05, 0.1) is 5.25 Å². The van der Waals surface area contributed by atoms with Crippen molar-refractivity contribution in [3.8, 4) is 10.4 Å². The number of carbonyl (C=O) groups excluding carboxylic acids is 1. The molecule has 1 amide bonds. The number of thioether (sulfide) groups is 1. The molecular weight excluding hydrogens is 386 g/mol. The summed E-state index contributed by atoms with van der Waals surface area (Å²) in [6, 6.07) is 20.1. The number of aryl methyl sites for hydroxylation is 1. The van der Waals surface area contributed by atoms with E-state index >= 15 is 0 Å². The molecule has 2 aromatic carbocycles. The Balaban J connectivity index is 1.54. The van der Waals surface area contributed by atoms with Crippen molar-refractivity contribution in [3.63, 3.8) is 0 Å². The van der Waals surface area contributed by atoms with Gasteiger partial charge in [0.15, 0.2) is 0 Å². The van der Waals surface area contributed by atoms with Gasteiger partial charge >= 0.3 is 0 Å². The molecule has 0 radical (unpaired) electrons. The Morgan fingerprint density at radius 3 is 2.57 bits per heavy atom. The molecule has 0 aliphatic rings. The van der Waals surface area contributed by atoms with E-state index in [1.54, 1.807) is 17.7 Å². The van der Waals surface area contributed by atoms with Gasteiger partial charge in [-0.1, -0.05) is 59.8 Å². The number of thiophene rings is 1. The lowest BCUT2D eigenvalue weighted by molar-refractivity contribution is -0.115. The van der Waals surface area contributed by atoms with Crippen molar-refractivity contribution in [2.45, 2.75) is 24.1 Å². The van der Waals surface area contributed by atoms with Gasteiger partial charge in [-0.3, -0.25) is 4.79 Å². The normalized spacial score (nSPS) is 12.1. The minimum Gasteiger partial charge on any atom is -0.325 e. The molecule has 2 aromatic heterocycles. The molecule has 0 saturated heterocycles. The standard InChI is InChI=1S/C22H19N3OS2/c1-14-8-10-17(11-9-14)25-20(26)15(2)27-21-18-12-19(16-6-4-3-5-7-16)28-22(18)24-13-23-21/h3-13,15H,1-2H3,(H,25,26). The lowest BCUT2D eigenvalue weighted by Gasteiger charge is -2.12. The van der Waals surface area contributed by atoms with Crippen LogP contribution >= 0.6 is 23.1 Å². The smallest absolute Gasteiger partial charge is 0.237 e. The highest BCUT2D eigenvalue weighted by atomic mass is 32.2. The number of aromatic nitrogens is 2. The van der Waals surface area contributed by atoms with E-state index in [0.29, 0.717) is 0 Å². The molecule has 0 spiro atoms. The zero-order chi connectivity index (χ0) is 19.5. The second kappa shape index (κ2) is 8.12. The van der Waals surface area contributed by atoms with Crippen LogP contribution in [0.15, 0.2) is 72.0 Å². The van der Waals surface area contributed by atoms with Crippen LogP contribution in [0.25, 0.3) is 20.7 Å². The van der Waals surface area contributed by atoms with Crippen molar-refractivity contribution in [3.05, 3.63) is 72.6 Å². The maximum absolute atomic E-state index is 12.6. The molecule has 0 saturated carbocycles. The molecule has 6 heteroatoms. The number of benzene rings is 2. The molecule has 1 unspecified atom stereocenters. The highest BCUT2D eigenvalue weighted by molar-refractivity contribution is 8.00. The Hall–Kier alpha value is -2.70. The first-order chi connectivity index (χ1) is 13.6. The Labute approximate surface area is 172 Å². The summed E-state index contributed by atoms with van der Waals surface area (Å²) in [5, 5.41) is 4.51. The summed E-state index contributed by atoms with van der Waals surface area (Å²) in [7, 11) is 0. The maximum atomic E-state index is 12.6. The average molecular weight is 406 g/mol. The summed E-state index contributed by atoms with van der Waals surface area (Å²) in [6.45, 7) is 3.92. The van der Waals surface area contributed by atoms with E-state index in [4.69, 9.17) is 0 Å². The quantitative estimate of drug-likeness (QED) is 0.337. The van der Waals surface area contributed by atoms with Gasteiger partial charge in [-0.15, -0.1) is 11.3 Å². The van der Waals surface area contributed by atoms with Gasteiger partial charge in [0, 0.05) is 16.0 Å². The molecule has 0 fully saturated rings. The molecule has 2 heterocycles. The maximum Gasteiger partial charge on any atom is 0.237 e. The Bertz CT molecular complexity index is 1110. The first-order valence-electron chi connectivity index (χ1n) is 8.94. The Kier molecular flexibility index (Phi) is 5.41. The van der Waals surface area contributed by atoms with Crippen LogP contribution in [-0.4, -0.2) is 21.1 Å². The van der Waals surface area contributed by atoms with Crippen molar-refractivity contribution in [1.82, 2.24) is 9.97 Å². The average Bonchev–Trinajstić information content (AvgIpc) is 3.16. The van der Waals surface area contributed by atoms with E-state index in [2.05, 4.69) is 33.5 Å². The first kappa shape index (κ1) is 18.7. The number of anilines is 1. The van der Waals surface area contributed by atoms with Crippen LogP contribution in [0.3, 0.4) is 0 Å². The minimum absolute atomic E-state index is 0.0425. The second-order valence-electron chi connectivity index (χ2n) is 6.49. The topological polar surface area (TPSA) is 54.9 Å². The van der Waals surface area contributed by atoms with Gasteiger partial charge in [-0.2, -0.15) is 0 Å². The van der Waals surface area contributed by atoms with Gasteiger partial charge in [-0.25, -0.2) is 9.97 Å². The molecule has 0 bridgehead atoms. The summed E-state index contributed by atoms with van der Waals surface area (Å²) in [6.07, 6.45) is 1.57. The molecule has 140 valence electrons. The third-order valence-corrected chi connectivity index (χ3v) is 6.54. The van der Waals surface area contributed by atoms with Gasteiger partial charge in [0.1, 0.15) is 16.2 Å². The number of nitrogens with zero attached hydrogens (tertiary/aromatic N) is 2. The lowest BCUT2D eigenvalue weighted by atomic mass is 10.2. The third-order valence-electron chi connectivity index (χ3n) is 4.33. The van der Waals surface area contributed by atoms with E-state index in [9.17, 15) is 4.79 Å². The van der Waals surface area contributed by atoms with Crippen molar-refractivity contribution in [2.24, 2.45) is 0 Å². The van der Waals surface area contributed by atoms with Crippen molar-refractivity contribution >= 4 is 44.9 Å². The van der Waals surface area contributed by atoms with Crippen molar-refractivity contribution < 1.29 is 4.79 Å². The number of carbonyl (C=O) groups is 1. The van der Waals surface area contributed by atoms with Gasteiger partial charge in [0.25, 0.3) is 0 Å².